The van der Waals surface area contributed by atoms with Gasteiger partial charge in [0.05, 0.1) is 7.11 Å². The van der Waals surface area contributed by atoms with Gasteiger partial charge in [0.2, 0.25) is 5.95 Å². The summed E-state index contributed by atoms with van der Waals surface area (Å²) in [6.07, 6.45) is 7.62. The Morgan fingerprint density at radius 2 is 1.69 bits per heavy atom. The van der Waals surface area contributed by atoms with E-state index in [4.69, 9.17) is 4.74 Å². The molecule has 148 valence electrons. The molecule has 2 N–H and O–H groups in total. The summed E-state index contributed by atoms with van der Waals surface area (Å²) in [4.78, 5) is 11.2. The molecule has 0 radical (unpaired) electrons. The van der Waals surface area contributed by atoms with Gasteiger partial charge in [-0.2, -0.15) is 0 Å². The fraction of sp³-hybridized carbons (Fsp3) is 0.217. The van der Waals surface area contributed by atoms with Crippen LogP contribution in [0.3, 0.4) is 0 Å². The summed E-state index contributed by atoms with van der Waals surface area (Å²) in [6.45, 7) is 4.15. The normalized spacial score (nSPS) is 14.2. The van der Waals surface area contributed by atoms with E-state index < -0.39 is 0 Å². The van der Waals surface area contributed by atoms with Crippen molar-refractivity contribution >= 4 is 29.5 Å². The molecule has 0 bridgehead atoms. The van der Waals surface area contributed by atoms with Crippen molar-refractivity contribution in [1.82, 2.24) is 15.3 Å². The first-order chi connectivity index (χ1) is 14.3. The first-order valence-electron chi connectivity index (χ1n) is 9.77. The first kappa shape index (κ1) is 19.0. The predicted molar refractivity (Wildman–Crippen MR) is 119 cm³/mol. The summed E-state index contributed by atoms with van der Waals surface area (Å²) >= 11 is 0. The Labute approximate surface area is 171 Å². The Kier molecular flexibility index (Phi) is 6.02. The van der Waals surface area contributed by atoms with Crippen molar-refractivity contribution in [3.05, 3.63) is 72.1 Å². The van der Waals surface area contributed by atoms with Crippen molar-refractivity contribution in [2.45, 2.75) is 0 Å². The van der Waals surface area contributed by atoms with Gasteiger partial charge in [-0.05, 0) is 42.0 Å². The van der Waals surface area contributed by atoms with E-state index in [2.05, 4.69) is 49.8 Å². The number of piperazine rings is 1. The SMILES string of the molecule is COc1cccc(/C=C/c2cnc(Nc3ccc(N4CCNCC4)cc3)nc2)c1. The van der Waals surface area contributed by atoms with Crippen molar-refractivity contribution in [2.75, 3.05) is 43.5 Å². The lowest BCUT2D eigenvalue weighted by Crippen LogP contribution is -2.43. The molecule has 1 fully saturated rings. The summed E-state index contributed by atoms with van der Waals surface area (Å²) in [7, 11) is 1.67. The molecule has 1 saturated heterocycles. The molecule has 6 heteroatoms. The van der Waals surface area contributed by atoms with E-state index in [1.54, 1.807) is 19.5 Å². The van der Waals surface area contributed by atoms with E-state index in [0.29, 0.717) is 5.95 Å². The summed E-state index contributed by atoms with van der Waals surface area (Å²) in [5, 5.41) is 6.63. The molecule has 0 atom stereocenters. The Bertz CT molecular complexity index is 948. The quantitative estimate of drug-likeness (QED) is 0.671. The lowest BCUT2D eigenvalue weighted by atomic mass is 10.2. The van der Waals surface area contributed by atoms with Crippen molar-refractivity contribution in [2.24, 2.45) is 0 Å². The molecule has 0 saturated carbocycles. The Morgan fingerprint density at radius 3 is 2.41 bits per heavy atom. The van der Waals surface area contributed by atoms with Crippen molar-refractivity contribution in [3.63, 3.8) is 0 Å². The third-order valence-electron chi connectivity index (χ3n) is 4.84. The number of hydrogen-bond acceptors (Lipinski definition) is 6. The molecule has 0 unspecified atom stereocenters. The number of hydrogen-bond donors (Lipinski definition) is 2. The molecule has 29 heavy (non-hydrogen) atoms. The van der Waals surface area contributed by atoms with Crippen LogP contribution in [-0.4, -0.2) is 43.3 Å². The van der Waals surface area contributed by atoms with Crippen LogP contribution in [0.4, 0.5) is 17.3 Å². The van der Waals surface area contributed by atoms with E-state index >= 15 is 0 Å². The van der Waals surface area contributed by atoms with Crippen molar-refractivity contribution < 1.29 is 4.74 Å². The molecule has 2 aromatic carbocycles. The van der Waals surface area contributed by atoms with Crippen LogP contribution in [0.2, 0.25) is 0 Å². The van der Waals surface area contributed by atoms with Gasteiger partial charge in [0.15, 0.2) is 0 Å². The Morgan fingerprint density at radius 1 is 0.966 bits per heavy atom. The van der Waals surface area contributed by atoms with E-state index in [0.717, 1.165) is 48.7 Å². The second kappa shape index (κ2) is 9.21. The van der Waals surface area contributed by atoms with E-state index in [-0.39, 0.29) is 0 Å². The number of methoxy groups -OCH3 is 1. The van der Waals surface area contributed by atoms with E-state index in [1.807, 2.05) is 36.4 Å². The third kappa shape index (κ3) is 5.12. The molecule has 1 aliphatic heterocycles. The number of benzene rings is 2. The number of anilines is 3. The lowest BCUT2D eigenvalue weighted by Gasteiger charge is -2.29. The molecular weight excluding hydrogens is 362 g/mol. The zero-order valence-corrected chi connectivity index (χ0v) is 16.5. The maximum absolute atomic E-state index is 5.25. The highest BCUT2D eigenvalue weighted by atomic mass is 16.5. The first-order valence-corrected chi connectivity index (χ1v) is 9.77. The summed E-state index contributed by atoms with van der Waals surface area (Å²) in [5.41, 5.74) is 4.23. The molecule has 1 aliphatic rings. The fourth-order valence-corrected chi connectivity index (χ4v) is 3.23. The smallest absolute Gasteiger partial charge is 0.227 e. The summed E-state index contributed by atoms with van der Waals surface area (Å²) in [5.74, 6) is 1.42. The van der Waals surface area contributed by atoms with Crippen LogP contribution in [0.15, 0.2) is 60.9 Å². The van der Waals surface area contributed by atoms with Gasteiger partial charge in [-0.1, -0.05) is 24.3 Å². The number of nitrogens with zero attached hydrogens (tertiary/aromatic N) is 3. The van der Waals surface area contributed by atoms with Gasteiger partial charge in [-0.25, -0.2) is 9.97 Å². The highest BCUT2D eigenvalue weighted by Crippen LogP contribution is 2.20. The van der Waals surface area contributed by atoms with Gasteiger partial charge in [-0.15, -0.1) is 0 Å². The maximum Gasteiger partial charge on any atom is 0.227 e. The van der Waals surface area contributed by atoms with Crippen LogP contribution < -0.4 is 20.3 Å². The molecular formula is C23H25N5O. The van der Waals surface area contributed by atoms with Crippen LogP contribution in [0.5, 0.6) is 5.75 Å². The topological polar surface area (TPSA) is 62.3 Å². The van der Waals surface area contributed by atoms with Crippen molar-refractivity contribution in [3.8, 4) is 5.75 Å². The molecule has 0 amide bonds. The van der Waals surface area contributed by atoms with Gasteiger partial charge in [0.25, 0.3) is 0 Å². The van der Waals surface area contributed by atoms with Crippen LogP contribution in [0.1, 0.15) is 11.1 Å². The van der Waals surface area contributed by atoms with Gasteiger partial charge in [0, 0.05) is 55.5 Å². The zero-order chi connectivity index (χ0) is 19.9. The fourth-order valence-electron chi connectivity index (χ4n) is 3.23. The average molecular weight is 387 g/mol. The van der Waals surface area contributed by atoms with Gasteiger partial charge in [0.1, 0.15) is 5.75 Å². The van der Waals surface area contributed by atoms with Crippen LogP contribution in [-0.2, 0) is 0 Å². The molecule has 0 aliphatic carbocycles. The minimum absolute atomic E-state index is 0.582. The minimum Gasteiger partial charge on any atom is -0.497 e. The second-order valence-electron chi connectivity index (χ2n) is 6.86. The predicted octanol–water partition coefficient (Wildman–Crippen LogP) is 3.81. The largest absolute Gasteiger partial charge is 0.497 e. The van der Waals surface area contributed by atoms with E-state index in [1.165, 1.54) is 5.69 Å². The number of rotatable bonds is 6. The standard InChI is InChI=1S/C23H25N5O/c1-29-22-4-2-3-18(15-22)5-6-19-16-25-23(26-17-19)27-20-7-9-21(10-8-20)28-13-11-24-12-14-28/h2-10,15-17,24H,11-14H2,1H3,(H,25,26,27)/b6-5+. The van der Waals surface area contributed by atoms with E-state index in [9.17, 15) is 0 Å². The monoisotopic (exact) mass is 387 g/mol. The molecule has 1 aromatic heterocycles. The highest BCUT2D eigenvalue weighted by Gasteiger charge is 2.10. The van der Waals surface area contributed by atoms with Gasteiger partial charge < -0.3 is 20.3 Å². The molecule has 4 rings (SSSR count). The number of aromatic nitrogens is 2. The Balaban J connectivity index is 1.37. The zero-order valence-electron chi connectivity index (χ0n) is 16.5. The van der Waals surface area contributed by atoms with Crippen molar-refractivity contribution in [1.29, 1.82) is 0 Å². The molecule has 2 heterocycles. The summed E-state index contributed by atoms with van der Waals surface area (Å²) < 4.78 is 5.25. The second-order valence-corrected chi connectivity index (χ2v) is 6.86. The van der Waals surface area contributed by atoms with Crippen LogP contribution >= 0.6 is 0 Å². The number of ether oxygens (including phenoxy) is 1. The maximum atomic E-state index is 5.25. The van der Waals surface area contributed by atoms with Gasteiger partial charge in [-0.3, -0.25) is 0 Å². The lowest BCUT2D eigenvalue weighted by molar-refractivity contribution is 0.414. The van der Waals surface area contributed by atoms with Crippen LogP contribution in [0, 0.1) is 0 Å². The van der Waals surface area contributed by atoms with Gasteiger partial charge >= 0.3 is 0 Å². The molecule has 0 spiro atoms. The average Bonchev–Trinajstić information content (AvgIpc) is 2.80. The summed E-state index contributed by atoms with van der Waals surface area (Å²) in [6, 6.07) is 16.3. The van der Waals surface area contributed by atoms with Crippen LogP contribution in [0.25, 0.3) is 12.2 Å². The molecule has 6 nitrogen and oxygen atoms in total. The highest BCUT2D eigenvalue weighted by molar-refractivity contribution is 5.70. The number of nitrogens with one attached hydrogen (secondary N) is 2. The third-order valence-corrected chi connectivity index (χ3v) is 4.84. The Hall–Kier alpha value is -3.38. The molecule has 3 aromatic rings. The minimum atomic E-state index is 0.582.